The van der Waals surface area contributed by atoms with Crippen LogP contribution in [0.1, 0.15) is 12.0 Å². The number of fused-ring (bicyclic) bond motifs is 1. The van der Waals surface area contributed by atoms with Crippen LogP contribution < -0.4 is 10.2 Å². The zero-order chi connectivity index (χ0) is 17.7. The first-order valence-corrected chi connectivity index (χ1v) is 9.04. The maximum Gasteiger partial charge on any atom is 0.262 e. The number of hydrogen-bond acceptors (Lipinski definition) is 4. The fraction of sp³-hybridized carbons (Fsp3) is 0.533. The van der Waals surface area contributed by atoms with Crippen LogP contribution >= 0.6 is 0 Å². The number of halogens is 2. The van der Waals surface area contributed by atoms with Gasteiger partial charge in [-0.05, 0) is 24.1 Å². The number of nitrogens with one attached hydrogen (secondary N) is 1. The van der Waals surface area contributed by atoms with E-state index in [0.29, 0.717) is 18.7 Å². The molecule has 0 spiro atoms. The standard InChI is InChI=1S/C15H19F2N3O3S/c1-19(2)24(22,23)11-4-3-10-5-6-20(13(10)7-11)14(21)12-8-15(16,17)9-18-12/h3-4,7,12,18H,5-6,8-9H2,1-2H3. The molecule has 1 aromatic carbocycles. The van der Waals surface area contributed by atoms with E-state index in [4.69, 9.17) is 0 Å². The summed E-state index contributed by atoms with van der Waals surface area (Å²) in [5.74, 6) is -3.33. The summed E-state index contributed by atoms with van der Waals surface area (Å²) in [5, 5.41) is 2.55. The molecule has 1 N–H and O–H groups in total. The predicted octanol–water partition coefficient (Wildman–Crippen LogP) is 0.823. The van der Waals surface area contributed by atoms with Crippen molar-refractivity contribution in [2.75, 3.05) is 32.1 Å². The number of carbonyl (C=O) groups excluding carboxylic acids is 1. The van der Waals surface area contributed by atoms with Crippen molar-refractivity contribution in [1.29, 1.82) is 0 Å². The van der Waals surface area contributed by atoms with Gasteiger partial charge in [0, 0.05) is 32.7 Å². The lowest BCUT2D eigenvalue weighted by atomic mass is 10.1. The second kappa shape index (κ2) is 5.75. The molecule has 1 aromatic rings. The number of nitrogens with zero attached hydrogens (tertiary/aromatic N) is 2. The van der Waals surface area contributed by atoms with Crippen LogP contribution in [0.15, 0.2) is 23.1 Å². The molecule has 3 rings (SSSR count). The third-order valence-electron chi connectivity index (χ3n) is 4.40. The molecule has 9 heteroatoms. The van der Waals surface area contributed by atoms with Gasteiger partial charge in [-0.1, -0.05) is 6.07 Å². The fourth-order valence-electron chi connectivity index (χ4n) is 3.04. The third kappa shape index (κ3) is 2.91. The van der Waals surface area contributed by atoms with Crippen molar-refractivity contribution in [1.82, 2.24) is 9.62 Å². The monoisotopic (exact) mass is 359 g/mol. The van der Waals surface area contributed by atoms with Crippen LogP contribution in [0.3, 0.4) is 0 Å². The molecule has 1 saturated heterocycles. The highest BCUT2D eigenvalue weighted by Crippen LogP contribution is 2.33. The second-order valence-electron chi connectivity index (χ2n) is 6.31. The molecule has 0 aliphatic carbocycles. The summed E-state index contributed by atoms with van der Waals surface area (Å²) in [6.07, 6.45) is 0.0415. The maximum absolute atomic E-state index is 13.3. The molecule has 1 unspecified atom stereocenters. The molecule has 6 nitrogen and oxygen atoms in total. The predicted molar refractivity (Wildman–Crippen MR) is 84.7 cm³/mol. The number of anilines is 1. The van der Waals surface area contributed by atoms with E-state index in [0.717, 1.165) is 9.87 Å². The van der Waals surface area contributed by atoms with Gasteiger partial charge in [0.2, 0.25) is 15.9 Å². The van der Waals surface area contributed by atoms with Crippen molar-refractivity contribution >= 4 is 21.6 Å². The summed E-state index contributed by atoms with van der Waals surface area (Å²) in [4.78, 5) is 14.0. The largest absolute Gasteiger partial charge is 0.310 e. The molecule has 0 radical (unpaired) electrons. The van der Waals surface area contributed by atoms with Gasteiger partial charge in [0.1, 0.15) is 0 Å². The first-order valence-electron chi connectivity index (χ1n) is 7.60. The minimum absolute atomic E-state index is 0.0793. The molecule has 0 aromatic heterocycles. The van der Waals surface area contributed by atoms with Crippen molar-refractivity contribution in [3.05, 3.63) is 23.8 Å². The number of hydrogen-bond donors (Lipinski definition) is 1. The number of rotatable bonds is 3. The van der Waals surface area contributed by atoms with Gasteiger partial charge in [-0.15, -0.1) is 0 Å². The first-order chi connectivity index (χ1) is 11.1. The van der Waals surface area contributed by atoms with Crippen LogP contribution in [0.5, 0.6) is 0 Å². The number of carbonyl (C=O) groups is 1. The van der Waals surface area contributed by atoms with Gasteiger partial charge in [-0.2, -0.15) is 0 Å². The van der Waals surface area contributed by atoms with Gasteiger partial charge in [0.25, 0.3) is 5.92 Å². The highest BCUT2D eigenvalue weighted by atomic mass is 32.2. The Morgan fingerprint density at radius 1 is 1.38 bits per heavy atom. The Morgan fingerprint density at radius 3 is 2.67 bits per heavy atom. The second-order valence-corrected chi connectivity index (χ2v) is 8.46. The van der Waals surface area contributed by atoms with Gasteiger partial charge >= 0.3 is 0 Å². The highest BCUT2D eigenvalue weighted by Gasteiger charge is 2.44. The van der Waals surface area contributed by atoms with Crippen molar-refractivity contribution in [2.24, 2.45) is 0 Å². The lowest BCUT2D eigenvalue weighted by Gasteiger charge is -2.22. The van der Waals surface area contributed by atoms with Crippen molar-refractivity contribution in [2.45, 2.75) is 29.7 Å². The van der Waals surface area contributed by atoms with Gasteiger partial charge < -0.3 is 4.90 Å². The first kappa shape index (κ1) is 17.2. The van der Waals surface area contributed by atoms with E-state index < -0.39 is 40.9 Å². The number of amides is 1. The minimum Gasteiger partial charge on any atom is -0.310 e. The average molecular weight is 359 g/mol. The molecule has 0 saturated carbocycles. The molecule has 2 aliphatic rings. The van der Waals surface area contributed by atoms with Crippen molar-refractivity contribution in [3.63, 3.8) is 0 Å². The Kier molecular flexibility index (Phi) is 4.13. The zero-order valence-electron chi connectivity index (χ0n) is 13.4. The lowest BCUT2D eigenvalue weighted by Crippen LogP contribution is -2.43. The quantitative estimate of drug-likeness (QED) is 0.868. The summed E-state index contributed by atoms with van der Waals surface area (Å²) in [7, 11) is -0.772. The molecular formula is C15H19F2N3O3S. The smallest absolute Gasteiger partial charge is 0.262 e. The molecule has 1 fully saturated rings. The average Bonchev–Trinajstić information content (AvgIpc) is 3.08. The summed E-state index contributed by atoms with van der Waals surface area (Å²) in [6, 6.07) is 3.68. The number of alkyl halides is 2. The molecule has 1 amide bonds. The highest BCUT2D eigenvalue weighted by molar-refractivity contribution is 7.89. The van der Waals surface area contributed by atoms with E-state index in [1.54, 1.807) is 6.07 Å². The zero-order valence-corrected chi connectivity index (χ0v) is 14.2. The Morgan fingerprint density at radius 2 is 2.08 bits per heavy atom. The summed E-state index contributed by atoms with van der Waals surface area (Å²) in [5.41, 5.74) is 1.32. The van der Waals surface area contributed by atoms with E-state index in [-0.39, 0.29) is 4.90 Å². The van der Waals surface area contributed by atoms with Crippen molar-refractivity contribution < 1.29 is 22.0 Å². The van der Waals surface area contributed by atoms with E-state index in [9.17, 15) is 22.0 Å². The van der Waals surface area contributed by atoms with Crippen LogP contribution in [-0.2, 0) is 21.2 Å². The molecule has 2 heterocycles. The van der Waals surface area contributed by atoms with Crippen molar-refractivity contribution in [3.8, 4) is 0 Å². The Labute approximate surface area is 139 Å². The molecule has 24 heavy (non-hydrogen) atoms. The molecule has 1 atom stereocenters. The molecular weight excluding hydrogens is 340 g/mol. The molecule has 0 bridgehead atoms. The number of sulfonamides is 1. The minimum atomic E-state index is -3.63. The van der Waals surface area contributed by atoms with E-state index in [2.05, 4.69) is 5.32 Å². The Bertz CT molecular complexity index is 780. The summed E-state index contributed by atoms with van der Waals surface area (Å²) >= 11 is 0. The van der Waals surface area contributed by atoms with Gasteiger partial charge in [0.15, 0.2) is 0 Å². The lowest BCUT2D eigenvalue weighted by molar-refractivity contribution is -0.120. The normalized spacial score (nSPS) is 22.9. The Balaban J connectivity index is 1.90. The number of benzene rings is 1. The summed E-state index contributed by atoms with van der Waals surface area (Å²) in [6.45, 7) is -0.150. The fourth-order valence-corrected chi connectivity index (χ4v) is 3.96. The SMILES string of the molecule is CN(C)S(=O)(=O)c1ccc2c(c1)N(C(=O)C1CC(F)(F)CN1)CC2. The van der Waals surface area contributed by atoms with Crippen LogP contribution in [0.25, 0.3) is 0 Å². The summed E-state index contributed by atoms with van der Waals surface area (Å²) < 4.78 is 52.3. The third-order valence-corrected chi connectivity index (χ3v) is 6.22. The van der Waals surface area contributed by atoms with Crippen LogP contribution in [0.4, 0.5) is 14.5 Å². The van der Waals surface area contributed by atoms with E-state index in [1.807, 2.05) is 0 Å². The molecule has 2 aliphatic heterocycles. The maximum atomic E-state index is 13.3. The van der Waals surface area contributed by atoms with Gasteiger partial charge in [-0.3, -0.25) is 10.1 Å². The van der Waals surface area contributed by atoms with E-state index >= 15 is 0 Å². The van der Waals surface area contributed by atoms with Crippen LogP contribution in [0.2, 0.25) is 0 Å². The van der Waals surface area contributed by atoms with E-state index in [1.165, 1.54) is 31.1 Å². The van der Waals surface area contributed by atoms with Gasteiger partial charge in [-0.25, -0.2) is 21.5 Å². The van der Waals surface area contributed by atoms with Crippen LogP contribution in [0, 0.1) is 0 Å². The van der Waals surface area contributed by atoms with Crippen LogP contribution in [-0.4, -0.2) is 57.8 Å². The molecule has 132 valence electrons. The Hall–Kier alpha value is -1.58. The van der Waals surface area contributed by atoms with Gasteiger partial charge in [0.05, 0.1) is 17.5 Å². The topological polar surface area (TPSA) is 69.7 Å².